The second-order valence-corrected chi connectivity index (χ2v) is 5.71. The monoisotopic (exact) mass is 381 g/mol. The first-order valence-corrected chi connectivity index (χ1v) is 7.86. The molecule has 2 atom stereocenters. The summed E-state index contributed by atoms with van der Waals surface area (Å²) in [5, 5.41) is 33.3. The molecule has 0 radical (unpaired) electrons. The molecular weight excluding hydrogens is 366 g/mol. The summed E-state index contributed by atoms with van der Waals surface area (Å²) in [7, 11) is 0. The second kappa shape index (κ2) is 9.09. The van der Waals surface area contributed by atoms with Crippen LogP contribution in [0.3, 0.4) is 0 Å². The molecule has 2 rings (SSSR count). The Kier molecular flexibility index (Phi) is 6.84. The quantitative estimate of drug-likeness (QED) is 0.492. The molecule has 9 nitrogen and oxygen atoms in total. The number of alkyl carbamates (subject to hydrolysis) is 1. The highest BCUT2D eigenvalue weighted by Gasteiger charge is 2.28. The van der Waals surface area contributed by atoms with E-state index in [1.54, 1.807) is 24.3 Å². The van der Waals surface area contributed by atoms with Crippen LogP contribution in [0.5, 0.6) is 0 Å². The summed E-state index contributed by atoms with van der Waals surface area (Å²) >= 11 is 5.65. The fraction of sp³-hybridized carbons (Fsp3) is 0.250. The fourth-order valence-corrected chi connectivity index (χ4v) is 2.22. The van der Waals surface area contributed by atoms with E-state index in [0.717, 1.165) is 17.8 Å². The largest absolute Gasteiger partial charge is 0.445 e. The van der Waals surface area contributed by atoms with Gasteiger partial charge in [0.25, 0.3) is 5.69 Å². The maximum atomic E-state index is 11.6. The number of pyridine rings is 1. The summed E-state index contributed by atoms with van der Waals surface area (Å²) in [6, 6.07) is 9.98. The third-order valence-electron chi connectivity index (χ3n) is 3.37. The number of ether oxygens (including phenoxy) is 1. The Balaban J connectivity index is 1.90. The summed E-state index contributed by atoms with van der Waals surface area (Å²) in [6.07, 6.45) is -2.92. The topological polar surface area (TPSA) is 135 Å². The van der Waals surface area contributed by atoms with Crippen molar-refractivity contribution in [2.75, 3.05) is 6.54 Å². The predicted octanol–water partition coefficient (Wildman–Crippen LogP) is 1.96. The molecule has 138 valence electrons. The Morgan fingerprint density at radius 1 is 1.35 bits per heavy atom. The van der Waals surface area contributed by atoms with Gasteiger partial charge < -0.3 is 20.3 Å². The molecule has 0 spiro atoms. The molecule has 2 unspecified atom stereocenters. The molecule has 0 aliphatic heterocycles. The SMILES string of the molecule is O=C(NCC(O)C(O)c1ncc(Cl)cc1[N+](=O)[O-])OCc1ccccc1. The lowest BCUT2D eigenvalue weighted by Crippen LogP contribution is -2.36. The zero-order valence-corrected chi connectivity index (χ0v) is 14.2. The predicted molar refractivity (Wildman–Crippen MR) is 91.5 cm³/mol. The number of rotatable bonds is 7. The second-order valence-electron chi connectivity index (χ2n) is 5.27. The first-order valence-electron chi connectivity index (χ1n) is 7.49. The maximum Gasteiger partial charge on any atom is 0.407 e. The Hall–Kier alpha value is -2.75. The number of hydrogen-bond donors (Lipinski definition) is 3. The number of carbonyl (C=O) groups excluding carboxylic acids is 1. The third-order valence-corrected chi connectivity index (χ3v) is 3.58. The highest BCUT2D eigenvalue weighted by Crippen LogP contribution is 2.27. The van der Waals surface area contributed by atoms with Crippen molar-refractivity contribution in [2.24, 2.45) is 0 Å². The molecule has 1 aromatic heterocycles. The van der Waals surface area contributed by atoms with Crippen molar-refractivity contribution in [3.8, 4) is 0 Å². The van der Waals surface area contributed by atoms with Crippen LogP contribution in [-0.2, 0) is 11.3 Å². The van der Waals surface area contributed by atoms with Gasteiger partial charge in [-0.15, -0.1) is 0 Å². The van der Waals surface area contributed by atoms with Crippen LogP contribution in [0.15, 0.2) is 42.6 Å². The Morgan fingerprint density at radius 3 is 2.69 bits per heavy atom. The molecule has 1 amide bonds. The van der Waals surface area contributed by atoms with Gasteiger partial charge in [-0.25, -0.2) is 9.78 Å². The van der Waals surface area contributed by atoms with E-state index in [1.807, 2.05) is 6.07 Å². The van der Waals surface area contributed by atoms with Gasteiger partial charge in [0.2, 0.25) is 0 Å². The number of benzene rings is 1. The molecule has 0 fully saturated rings. The van der Waals surface area contributed by atoms with Gasteiger partial charge in [0.05, 0.1) is 9.95 Å². The summed E-state index contributed by atoms with van der Waals surface area (Å²) in [5.41, 5.74) is -0.105. The van der Waals surface area contributed by atoms with Crippen molar-refractivity contribution in [1.82, 2.24) is 10.3 Å². The molecular formula is C16H16ClN3O6. The fourth-order valence-electron chi connectivity index (χ4n) is 2.07. The van der Waals surface area contributed by atoms with Crippen LogP contribution in [0.2, 0.25) is 5.02 Å². The highest BCUT2D eigenvalue weighted by molar-refractivity contribution is 6.30. The third kappa shape index (κ3) is 5.38. The van der Waals surface area contributed by atoms with Crippen molar-refractivity contribution < 1.29 is 24.7 Å². The van der Waals surface area contributed by atoms with E-state index < -0.39 is 35.5 Å². The van der Waals surface area contributed by atoms with Crippen molar-refractivity contribution in [1.29, 1.82) is 0 Å². The number of amides is 1. The molecule has 3 N–H and O–H groups in total. The van der Waals surface area contributed by atoms with Crippen molar-refractivity contribution in [2.45, 2.75) is 18.8 Å². The van der Waals surface area contributed by atoms with E-state index in [1.165, 1.54) is 0 Å². The summed E-state index contributed by atoms with van der Waals surface area (Å²) in [4.78, 5) is 25.6. The van der Waals surface area contributed by atoms with Gasteiger partial charge in [0.1, 0.15) is 24.5 Å². The molecule has 1 aromatic carbocycles. The number of aliphatic hydroxyl groups excluding tert-OH is 2. The van der Waals surface area contributed by atoms with Crippen LogP contribution in [0.1, 0.15) is 17.4 Å². The number of halogens is 1. The van der Waals surface area contributed by atoms with Crippen LogP contribution in [-0.4, -0.2) is 38.9 Å². The van der Waals surface area contributed by atoms with Gasteiger partial charge in [0.15, 0.2) is 0 Å². The van der Waals surface area contributed by atoms with Gasteiger partial charge in [-0.3, -0.25) is 10.1 Å². The number of nitrogens with zero attached hydrogens (tertiary/aromatic N) is 2. The molecule has 1 heterocycles. The molecule has 0 saturated carbocycles. The van der Waals surface area contributed by atoms with Crippen LogP contribution in [0.25, 0.3) is 0 Å². The van der Waals surface area contributed by atoms with Gasteiger partial charge in [-0.2, -0.15) is 0 Å². The molecule has 10 heteroatoms. The lowest BCUT2D eigenvalue weighted by molar-refractivity contribution is -0.386. The van der Waals surface area contributed by atoms with E-state index in [0.29, 0.717) is 0 Å². The molecule has 0 aliphatic rings. The Bertz CT molecular complexity index is 774. The van der Waals surface area contributed by atoms with Crippen LogP contribution < -0.4 is 5.32 Å². The molecule has 0 saturated heterocycles. The van der Waals surface area contributed by atoms with Crippen molar-refractivity contribution in [3.63, 3.8) is 0 Å². The minimum atomic E-state index is -1.69. The van der Waals surface area contributed by atoms with Crippen LogP contribution >= 0.6 is 11.6 Å². The first kappa shape index (κ1) is 19.6. The normalized spacial score (nSPS) is 12.9. The van der Waals surface area contributed by atoms with Gasteiger partial charge in [0, 0.05) is 18.8 Å². The number of carbonyl (C=O) groups is 1. The lowest BCUT2D eigenvalue weighted by Gasteiger charge is -2.17. The molecule has 0 bridgehead atoms. The van der Waals surface area contributed by atoms with Crippen molar-refractivity contribution in [3.05, 3.63) is 69.0 Å². The van der Waals surface area contributed by atoms with E-state index in [9.17, 15) is 25.1 Å². The lowest BCUT2D eigenvalue weighted by atomic mass is 10.1. The standard InChI is InChI=1S/C16H16ClN3O6/c17-11-6-12(20(24)25)14(18-7-11)15(22)13(21)8-19-16(23)26-9-10-4-2-1-3-5-10/h1-7,13,15,21-22H,8-9H2,(H,19,23). The zero-order chi connectivity index (χ0) is 19.1. The minimum Gasteiger partial charge on any atom is -0.445 e. The average Bonchev–Trinajstić information content (AvgIpc) is 2.64. The van der Waals surface area contributed by atoms with E-state index in [2.05, 4.69) is 10.3 Å². The summed E-state index contributed by atoms with van der Waals surface area (Å²) < 4.78 is 4.96. The number of aliphatic hydroxyl groups is 2. The van der Waals surface area contributed by atoms with Gasteiger partial charge in [-0.05, 0) is 5.56 Å². The first-order chi connectivity index (χ1) is 12.4. The average molecular weight is 382 g/mol. The number of aromatic nitrogens is 1. The molecule has 0 aliphatic carbocycles. The Labute approximate surface area is 153 Å². The van der Waals surface area contributed by atoms with Crippen molar-refractivity contribution >= 4 is 23.4 Å². The Morgan fingerprint density at radius 2 is 2.04 bits per heavy atom. The number of nitro groups is 1. The van der Waals surface area contributed by atoms with Gasteiger partial charge in [-0.1, -0.05) is 41.9 Å². The molecule has 2 aromatic rings. The minimum absolute atomic E-state index is 0.0183. The zero-order valence-electron chi connectivity index (χ0n) is 13.4. The van der Waals surface area contributed by atoms with E-state index >= 15 is 0 Å². The van der Waals surface area contributed by atoms with Crippen LogP contribution in [0.4, 0.5) is 10.5 Å². The van der Waals surface area contributed by atoms with Gasteiger partial charge >= 0.3 is 6.09 Å². The van der Waals surface area contributed by atoms with E-state index in [-0.39, 0.29) is 17.3 Å². The highest BCUT2D eigenvalue weighted by atomic mass is 35.5. The smallest absolute Gasteiger partial charge is 0.407 e. The van der Waals surface area contributed by atoms with Crippen LogP contribution in [0, 0.1) is 10.1 Å². The maximum absolute atomic E-state index is 11.6. The van der Waals surface area contributed by atoms with E-state index in [4.69, 9.17) is 16.3 Å². The number of hydrogen-bond acceptors (Lipinski definition) is 7. The molecule has 26 heavy (non-hydrogen) atoms. The summed E-state index contributed by atoms with van der Waals surface area (Å²) in [5.74, 6) is 0. The summed E-state index contributed by atoms with van der Waals surface area (Å²) in [6.45, 7) is -0.355. The number of nitrogens with one attached hydrogen (secondary N) is 1.